The van der Waals surface area contributed by atoms with E-state index >= 15 is 0 Å². The molecule has 0 aliphatic carbocycles. The Labute approximate surface area is 179 Å². The minimum absolute atomic E-state index is 0.0555. The highest BCUT2D eigenvalue weighted by atomic mass is 16.5. The first-order chi connectivity index (χ1) is 14.8. The Kier molecular flexibility index (Phi) is 4.32. The Morgan fingerprint density at radius 2 is 1.74 bits per heavy atom. The van der Waals surface area contributed by atoms with Gasteiger partial charge in [0.1, 0.15) is 11.3 Å². The van der Waals surface area contributed by atoms with Crippen molar-refractivity contribution in [1.29, 1.82) is 0 Å². The van der Waals surface area contributed by atoms with Crippen LogP contribution in [0.5, 0.6) is 0 Å². The molecule has 0 radical (unpaired) electrons. The molecule has 1 amide bonds. The van der Waals surface area contributed by atoms with Crippen molar-refractivity contribution >= 4 is 22.7 Å². The second kappa shape index (κ2) is 6.94. The number of aryl methyl sites for hydroxylation is 2. The predicted molar refractivity (Wildman–Crippen MR) is 118 cm³/mol. The second-order valence-electron chi connectivity index (χ2n) is 8.37. The van der Waals surface area contributed by atoms with Crippen LogP contribution in [0.4, 0.5) is 5.82 Å². The van der Waals surface area contributed by atoms with Crippen LogP contribution < -0.4 is 10.3 Å². The van der Waals surface area contributed by atoms with Gasteiger partial charge in [0.15, 0.2) is 11.2 Å². The molecule has 4 aromatic rings. The van der Waals surface area contributed by atoms with Crippen molar-refractivity contribution in [3.05, 3.63) is 92.5 Å². The van der Waals surface area contributed by atoms with Crippen molar-refractivity contribution in [1.82, 2.24) is 5.16 Å². The third kappa shape index (κ3) is 2.98. The number of fused-ring (bicyclic) bond motifs is 2. The molecule has 0 fully saturated rings. The number of nitrogens with zero attached hydrogens (tertiary/aromatic N) is 2. The molecule has 0 saturated carbocycles. The van der Waals surface area contributed by atoms with Gasteiger partial charge < -0.3 is 8.94 Å². The Bertz CT molecular complexity index is 1380. The van der Waals surface area contributed by atoms with Crippen LogP contribution in [0.3, 0.4) is 0 Å². The quantitative estimate of drug-likeness (QED) is 0.456. The van der Waals surface area contributed by atoms with E-state index in [-0.39, 0.29) is 11.2 Å². The van der Waals surface area contributed by atoms with Gasteiger partial charge in [-0.15, -0.1) is 0 Å². The van der Waals surface area contributed by atoms with Crippen molar-refractivity contribution in [2.24, 2.45) is 0 Å². The van der Waals surface area contributed by atoms with Crippen molar-refractivity contribution in [3.8, 4) is 0 Å². The number of hydrogen-bond acceptors (Lipinski definition) is 5. The Morgan fingerprint density at radius 3 is 2.39 bits per heavy atom. The lowest BCUT2D eigenvalue weighted by Gasteiger charge is -2.22. The van der Waals surface area contributed by atoms with Crippen molar-refractivity contribution in [3.63, 3.8) is 0 Å². The fourth-order valence-corrected chi connectivity index (χ4v) is 4.17. The molecule has 1 aliphatic rings. The van der Waals surface area contributed by atoms with Crippen molar-refractivity contribution in [2.45, 2.75) is 39.7 Å². The van der Waals surface area contributed by atoms with E-state index in [2.05, 4.69) is 19.0 Å². The van der Waals surface area contributed by atoms with Crippen LogP contribution in [0, 0.1) is 13.8 Å². The zero-order chi connectivity index (χ0) is 21.9. The van der Waals surface area contributed by atoms with Crippen LogP contribution in [0.15, 0.2) is 62.3 Å². The number of rotatable bonds is 3. The summed E-state index contributed by atoms with van der Waals surface area (Å²) < 4.78 is 11.2. The summed E-state index contributed by atoms with van der Waals surface area (Å²) in [7, 11) is 0. The zero-order valence-electron chi connectivity index (χ0n) is 17.8. The normalized spacial score (nSPS) is 15.8. The lowest BCUT2D eigenvalue weighted by Crippen LogP contribution is -2.29. The smallest absolute Gasteiger partial charge is 0.296 e. The fourth-order valence-electron chi connectivity index (χ4n) is 4.17. The summed E-state index contributed by atoms with van der Waals surface area (Å²) in [6.07, 6.45) is 0. The molecule has 31 heavy (non-hydrogen) atoms. The van der Waals surface area contributed by atoms with E-state index in [1.165, 1.54) is 10.5 Å². The summed E-state index contributed by atoms with van der Waals surface area (Å²) in [5.41, 5.74) is 3.48. The van der Waals surface area contributed by atoms with Gasteiger partial charge in [-0.25, -0.2) is 0 Å². The summed E-state index contributed by atoms with van der Waals surface area (Å²) in [5.74, 6) is 0.956. The highest BCUT2D eigenvalue weighted by Crippen LogP contribution is 2.41. The summed E-state index contributed by atoms with van der Waals surface area (Å²) in [5, 5.41) is 4.52. The summed E-state index contributed by atoms with van der Waals surface area (Å²) in [6.45, 7) is 7.93. The fraction of sp³-hybridized carbons (Fsp3) is 0.240. The molecule has 0 spiro atoms. The lowest BCUT2D eigenvalue weighted by atomic mass is 9.95. The lowest BCUT2D eigenvalue weighted by molar-refractivity contribution is 0.0969. The van der Waals surface area contributed by atoms with Gasteiger partial charge in [-0.3, -0.25) is 14.5 Å². The molecule has 6 nitrogen and oxygen atoms in total. The Hall–Kier alpha value is -3.67. The van der Waals surface area contributed by atoms with Crippen LogP contribution in [0.1, 0.15) is 64.4 Å². The first-order valence-electron chi connectivity index (χ1n) is 10.3. The topological polar surface area (TPSA) is 76.6 Å². The van der Waals surface area contributed by atoms with Gasteiger partial charge in [-0.1, -0.05) is 54.9 Å². The number of anilines is 1. The first kappa shape index (κ1) is 19.3. The first-order valence-corrected chi connectivity index (χ1v) is 10.3. The van der Waals surface area contributed by atoms with Crippen LogP contribution >= 0.6 is 0 Å². The number of carbonyl (C=O) groups is 1. The molecule has 3 heterocycles. The number of benzene rings is 2. The van der Waals surface area contributed by atoms with Crippen molar-refractivity contribution < 1.29 is 13.7 Å². The molecule has 6 heteroatoms. The van der Waals surface area contributed by atoms with E-state index < -0.39 is 11.9 Å². The SMILES string of the molecule is Cc1ccc2oc3c(c(=O)c2c1)[C@@H](c1ccc(C(C)C)cc1)N(c1cc(C)on1)C3=O. The molecule has 156 valence electrons. The van der Waals surface area contributed by atoms with Crippen LogP contribution in [-0.2, 0) is 0 Å². The van der Waals surface area contributed by atoms with E-state index in [4.69, 9.17) is 8.94 Å². The maximum atomic E-state index is 13.6. The number of hydrogen-bond donors (Lipinski definition) is 0. The molecule has 1 aliphatic heterocycles. The largest absolute Gasteiger partial charge is 0.450 e. The summed E-state index contributed by atoms with van der Waals surface area (Å²) >= 11 is 0. The molecule has 2 aromatic heterocycles. The van der Waals surface area contributed by atoms with Crippen molar-refractivity contribution in [2.75, 3.05) is 4.90 Å². The minimum Gasteiger partial charge on any atom is -0.450 e. The van der Waals surface area contributed by atoms with Gasteiger partial charge in [-0.2, -0.15) is 0 Å². The number of aromatic nitrogens is 1. The Morgan fingerprint density at radius 1 is 1.00 bits per heavy atom. The van der Waals surface area contributed by atoms with Gasteiger partial charge in [0.2, 0.25) is 5.76 Å². The number of carbonyl (C=O) groups excluding carboxylic acids is 1. The third-order valence-corrected chi connectivity index (χ3v) is 5.81. The summed E-state index contributed by atoms with van der Waals surface area (Å²) in [6, 6.07) is 14.4. The maximum absolute atomic E-state index is 13.6. The molecular formula is C25H22N2O4. The molecule has 5 rings (SSSR count). The molecule has 0 bridgehead atoms. The van der Waals surface area contributed by atoms with E-state index in [9.17, 15) is 9.59 Å². The van der Waals surface area contributed by atoms with Gasteiger partial charge in [0, 0.05) is 6.07 Å². The highest BCUT2D eigenvalue weighted by molar-refractivity contribution is 6.10. The van der Waals surface area contributed by atoms with E-state index in [0.717, 1.165) is 11.1 Å². The van der Waals surface area contributed by atoms with Crippen LogP contribution in [0.2, 0.25) is 0 Å². The predicted octanol–water partition coefficient (Wildman–Crippen LogP) is 5.27. The highest BCUT2D eigenvalue weighted by Gasteiger charge is 2.44. The molecule has 0 saturated heterocycles. The van der Waals surface area contributed by atoms with Gasteiger partial charge in [-0.05, 0) is 43.0 Å². The summed E-state index contributed by atoms with van der Waals surface area (Å²) in [4.78, 5) is 28.5. The van der Waals surface area contributed by atoms with Crippen LogP contribution in [0.25, 0.3) is 11.0 Å². The van der Waals surface area contributed by atoms with E-state index in [1.807, 2.05) is 37.3 Å². The van der Waals surface area contributed by atoms with Gasteiger partial charge >= 0.3 is 0 Å². The zero-order valence-corrected chi connectivity index (χ0v) is 17.8. The molecule has 1 atom stereocenters. The van der Waals surface area contributed by atoms with Gasteiger partial charge in [0.05, 0.1) is 17.0 Å². The second-order valence-corrected chi connectivity index (χ2v) is 8.37. The van der Waals surface area contributed by atoms with Gasteiger partial charge in [0.25, 0.3) is 5.91 Å². The average Bonchev–Trinajstić information content (AvgIpc) is 3.30. The molecular weight excluding hydrogens is 392 g/mol. The average molecular weight is 414 g/mol. The van der Waals surface area contributed by atoms with E-state index in [0.29, 0.717) is 34.0 Å². The van der Waals surface area contributed by atoms with Crippen LogP contribution in [-0.4, -0.2) is 11.1 Å². The Balaban J connectivity index is 1.78. The monoisotopic (exact) mass is 414 g/mol. The standard InChI is InChI=1S/C25H22N2O4/c1-13(2)16-6-8-17(9-7-16)22-21-23(28)18-11-14(3)5-10-19(18)30-24(21)25(29)27(22)20-12-15(4)31-26-20/h5-13,22H,1-4H3/t22-/m1/s1. The third-order valence-electron chi connectivity index (χ3n) is 5.81. The van der Waals surface area contributed by atoms with E-state index in [1.54, 1.807) is 25.1 Å². The number of amides is 1. The minimum atomic E-state index is -0.644. The molecule has 0 unspecified atom stereocenters. The molecule has 0 N–H and O–H groups in total. The maximum Gasteiger partial charge on any atom is 0.296 e. The molecule has 2 aromatic carbocycles.